The molecule has 0 fully saturated rings. The van der Waals surface area contributed by atoms with Crippen molar-refractivity contribution in [1.29, 1.82) is 0 Å². The standard InChI is InChI=1S/C16H14BrClO3/c17-11-5-4-10(13(18)9-11)8-14(19)12-2-1-3-15-16(12)21-7-6-20-15/h1-5,9,14,19H,6-8H2. The van der Waals surface area contributed by atoms with Crippen LogP contribution in [-0.2, 0) is 6.42 Å². The summed E-state index contributed by atoms with van der Waals surface area (Å²) in [4.78, 5) is 0. The van der Waals surface area contributed by atoms with Gasteiger partial charge in [0.15, 0.2) is 11.5 Å². The summed E-state index contributed by atoms with van der Waals surface area (Å²) < 4.78 is 12.1. The van der Waals surface area contributed by atoms with Gasteiger partial charge in [0.05, 0.1) is 6.10 Å². The highest BCUT2D eigenvalue weighted by molar-refractivity contribution is 9.10. The number of aliphatic hydroxyl groups excluding tert-OH is 1. The van der Waals surface area contributed by atoms with E-state index in [1.54, 1.807) is 0 Å². The first-order valence-electron chi connectivity index (χ1n) is 6.65. The van der Waals surface area contributed by atoms with E-state index in [0.717, 1.165) is 15.6 Å². The number of hydrogen-bond donors (Lipinski definition) is 1. The molecular formula is C16H14BrClO3. The minimum absolute atomic E-state index is 0.423. The second kappa shape index (κ2) is 6.26. The highest BCUT2D eigenvalue weighted by Gasteiger charge is 2.21. The van der Waals surface area contributed by atoms with Crippen LogP contribution in [0.25, 0.3) is 0 Å². The predicted molar refractivity (Wildman–Crippen MR) is 85.2 cm³/mol. The molecule has 0 saturated carbocycles. The van der Waals surface area contributed by atoms with E-state index in [0.29, 0.717) is 36.2 Å². The van der Waals surface area contributed by atoms with Gasteiger partial charge in [0.25, 0.3) is 0 Å². The molecule has 5 heteroatoms. The van der Waals surface area contributed by atoms with Crippen LogP contribution in [-0.4, -0.2) is 18.3 Å². The molecule has 1 aliphatic heterocycles. The molecule has 1 atom stereocenters. The maximum Gasteiger partial charge on any atom is 0.167 e. The number of benzene rings is 2. The third kappa shape index (κ3) is 3.18. The minimum Gasteiger partial charge on any atom is -0.486 e. The third-order valence-electron chi connectivity index (χ3n) is 3.38. The molecule has 2 aromatic rings. The monoisotopic (exact) mass is 368 g/mol. The molecule has 1 heterocycles. The Kier molecular flexibility index (Phi) is 4.38. The number of para-hydroxylation sites is 1. The average Bonchev–Trinajstić information content (AvgIpc) is 2.49. The Bertz CT molecular complexity index is 660. The highest BCUT2D eigenvalue weighted by Crippen LogP contribution is 2.38. The van der Waals surface area contributed by atoms with Crippen molar-refractivity contribution in [3.63, 3.8) is 0 Å². The quantitative estimate of drug-likeness (QED) is 0.883. The maximum absolute atomic E-state index is 10.5. The zero-order chi connectivity index (χ0) is 14.8. The number of rotatable bonds is 3. The van der Waals surface area contributed by atoms with Gasteiger partial charge in [0.2, 0.25) is 0 Å². The summed E-state index contributed by atoms with van der Waals surface area (Å²) in [7, 11) is 0. The molecule has 3 rings (SSSR count). The fourth-order valence-electron chi connectivity index (χ4n) is 2.36. The van der Waals surface area contributed by atoms with Gasteiger partial charge in [0, 0.05) is 21.5 Å². The Hall–Kier alpha value is -1.23. The van der Waals surface area contributed by atoms with Gasteiger partial charge >= 0.3 is 0 Å². The molecule has 110 valence electrons. The molecule has 0 aliphatic carbocycles. The Balaban J connectivity index is 1.87. The van der Waals surface area contributed by atoms with Crippen molar-refractivity contribution in [2.45, 2.75) is 12.5 Å². The zero-order valence-electron chi connectivity index (χ0n) is 11.2. The van der Waals surface area contributed by atoms with Crippen molar-refractivity contribution in [3.8, 4) is 11.5 Å². The normalized spacial score (nSPS) is 14.8. The van der Waals surface area contributed by atoms with Crippen molar-refractivity contribution >= 4 is 27.5 Å². The SMILES string of the molecule is OC(Cc1ccc(Br)cc1Cl)c1cccc2c1OCCO2. The molecule has 21 heavy (non-hydrogen) atoms. The molecule has 1 unspecified atom stereocenters. The van der Waals surface area contributed by atoms with Gasteiger partial charge in [0.1, 0.15) is 13.2 Å². The Morgan fingerprint density at radius 1 is 1.19 bits per heavy atom. The molecule has 3 nitrogen and oxygen atoms in total. The number of fused-ring (bicyclic) bond motifs is 1. The molecule has 0 amide bonds. The average molecular weight is 370 g/mol. The van der Waals surface area contributed by atoms with Gasteiger partial charge in [-0.15, -0.1) is 0 Å². The van der Waals surface area contributed by atoms with Crippen LogP contribution in [0.5, 0.6) is 11.5 Å². The molecule has 1 aliphatic rings. The van der Waals surface area contributed by atoms with Crippen LogP contribution in [0.3, 0.4) is 0 Å². The number of hydrogen-bond acceptors (Lipinski definition) is 3. The summed E-state index contributed by atoms with van der Waals surface area (Å²) in [5.41, 5.74) is 1.62. The van der Waals surface area contributed by atoms with E-state index in [2.05, 4.69) is 15.9 Å². The minimum atomic E-state index is -0.694. The second-order valence-electron chi connectivity index (χ2n) is 4.83. The van der Waals surface area contributed by atoms with E-state index in [-0.39, 0.29) is 0 Å². The van der Waals surface area contributed by atoms with Crippen LogP contribution < -0.4 is 9.47 Å². The topological polar surface area (TPSA) is 38.7 Å². The molecule has 0 saturated heterocycles. The Morgan fingerprint density at radius 2 is 2.00 bits per heavy atom. The van der Waals surface area contributed by atoms with Crippen molar-refractivity contribution in [2.75, 3.05) is 13.2 Å². The fraction of sp³-hybridized carbons (Fsp3) is 0.250. The number of ether oxygens (including phenoxy) is 2. The van der Waals surface area contributed by atoms with Gasteiger partial charge in [-0.05, 0) is 23.8 Å². The van der Waals surface area contributed by atoms with Crippen molar-refractivity contribution < 1.29 is 14.6 Å². The van der Waals surface area contributed by atoms with Crippen LogP contribution in [0, 0.1) is 0 Å². The lowest BCUT2D eigenvalue weighted by Gasteiger charge is -2.23. The molecule has 0 spiro atoms. The van der Waals surface area contributed by atoms with E-state index in [4.69, 9.17) is 21.1 Å². The van der Waals surface area contributed by atoms with Crippen molar-refractivity contribution in [1.82, 2.24) is 0 Å². The summed E-state index contributed by atoms with van der Waals surface area (Å²) in [6, 6.07) is 11.2. The van der Waals surface area contributed by atoms with Crippen LogP contribution >= 0.6 is 27.5 Å². The summed E-state index contributed by atoms with van der Waals surface area (Å²) in [5, 5.41) is 11.1. The van der Waals surface area contributed by atoms with E-state index >= 15 is 0 Å². The van der Waals surface area contributed by atoms with Gasteiger partial charge < -0.3 is 14.6 Å². The third-order valence-corrected chi connectivity index (χ3v) is 4.23. The van der Waals surface area contributed by atoms with Crippen molar-refractivity contribution in [2.24, 2.45) is 0 Å². The van der Waals surface area contributed by atoms with Crippen LogP contribution in [0.4, 0.5) is 0 Å². The predicted octanol–water partition coefficient (Wildman–Crippen LogP) is 4.15. The lowest BCUT2D eigenvalue weighted by atomic mass is 10.00. The first kappa shape index (κ1) is 14.7. The van der Waals surface area contributed by atoms with Gasteiger partial charge in [-0.1, -0.05) is 45.7 Å². The van der Waals surface area contributed by atoms with E-state index in [1.165, 1.54) is 0 Å². The molecule has 2 aromatic carbocycles. The van der Waals surface area contributed by atoms with Gasteiger partial charge in [-0.3, -0.25) is 0 Å². The van der Waals surface area contributed by atoms with Gasteiger partial charge in [-0.2, -0.15) is 0 Å². The van der Waals surface area contributed by atoms with Crippen LogP contribution in [0.2, 0.25) is 5.02 Å². The fourth-order valence-corrected chi connectivity index (χ4v) is 3.11. The second-order valence-corrected chi connectivity index (χ2v) is 6.15. The van der Waals surface area contributed by atoms with E-state index in [1.807, 2.05) is 36.4 Å². The summed E-state index contributed by atoms with van der Waals surface area (Å²) >= 11 is 9.58. The maximum atomic E-state index is 10.5. The first-order valence-corrected chi connectivity index (χ1v) is 7.83. The number of halogens is 2. The summed E-state index contributed by atoms with van der Waals surface area (Å²) in [5.74, 6) is 1.31. The summed E-state index contributed by atoms with van der Waals surface area (Å²) in [6.07, 6.45) is -0.272. The summed E-state index contributed by atoms with van der Waals surface area (Å²) in [6.45, 7) is 1.03. The highest BCUT2D eigenvalue weighted by atomic mass is 79.9. The molecular weight excluding hydrogens is 356 g/mol. The van der Waals surface area contributed by atoms with Crippen LogP contribution in [0.1, 0.15) is 17.2 Å². The van der Waals surface area contributed by atoms with E-state index < -0.39 is 6.10 Å². The van der Waals surface area contributed by atoms with Crippen LogP contribution in [0.15, 0.2) is 40.9 Å². The first-order chi connectivity index (χ1) is 10.1. The Labute approximate surface area is 136 Å². The Morgan fingerprint density at radius 3 is 2.81 bits per heavy atom. The lowest BCUT2D eigenvalue weighted by Crippen LogP contribution is -2.17. The lowest BCUT2D eigenvalue weighted by molar-refractivity contribution is 0.146. The number of aliphatic hydroxyl groups is 1. The molecule has 0 radical (unpaired) electrons. The largest absolute Gasteiger partial charge is 0.486 e. The molecule has 0 aromatic heterocycles. The van der Waals surface area contributed by atoms with Crippen molar-refractivity contribution in [3.05, 3.63) is 57.0 Å². The van der Waals surface area contributed by atoms with Gasteiger partial charge in [-0.25, -0.2) is 0 Å². The van der Waals surface area contributed by atoms with E-state index in [9.17, 15) is 5.11 Å². The zero-order valence-corrected chi connectivity index (χ0v) is 13.5. The smallest absolute Gasteiger partial charge is 0.167 e. The molecule has 0 bridgehead atoms. The molecule has 1 N–H and O–H groups in total.